The summed E-state index contributed by atoms with van der Waals surface area (Å²) in [5.74, 6) is 2.36. The van der Waals surface area contributed by atoms with E-state index in [2.05, 4.69) is 6.58 Å². The molecule has 0 bridgehead atoms. The summed E-state index contributed by atoms with van der Waals surface area (Å²) < 4.78 is 21.0. The Kier molecular flexibility index (Phi) is 7.56. The minimum absolute atomic E-state index is 0.223. The van der Waals surface area contributed by atoms with Crippen molar-refractivity contribution in [1.82, 2.24) is 0 Å². The Balaban J connectivity index is 2.07. The number of nitrogens with zero attached hydrogens (tertiary/aromatic N) is 2. The Bertz CT molecular complexity index is 920. The lowest BCUT2D eigenvalue weighted by Gasteiger charge is -2.09. The molecule has 0 saturated carbocycles. The number of allylic oxidation sites excluding steroid dienone is 3. The summed E-state index contributed by atoms with van der Waals surface area (Å²) in [5.41, 5.74) is 0. The predicted molar refractivity (Wildman–Crippen MR) is 98.9 cm³/mol. The van der Waals surface area contributed by atoms with Crippen LogP contribution in [0.2, 0.25) is 0 Å². The normalized spacial score (nSPS) is 10.5. The van der Waals surface area contributed by atoms with Crippen LogP contribution in [0.15, 0.2) is 85.2 Å². The molecule has 134 valence electrons. The Morgan fingerprint density at radius 3 is 2.15 bits per heavy atom. The van der Waals surface area contributed by atoms with E-state index >= 15 is 0 Å². The first-order valence-electron chi connectivity index (χ1n) is 7.87. The third-order valence-corrected chi connectivity index (χ3v) is 3.10. The van der Waals surface area contributed by atoms with Crippen LogP contribution in [-0.2, 0) is 0 Å². The van der Waals surface area contributed by atoms with Crippen LogP contribution >= 0.6 is 0 Å². The average Bonchev–Trinajstić information content (AvgIpc) is 2.67. The van der Waals surface area contributed by atoms with Gasteiger partial charge in [0.2, 0.25) is 0 Å². The van der Waals surface area contributed by atoms with Crippen LogP contribution in [0.4, 0.5) is 0 Å². The fraction of sp³-hybridized carbons (Fsp3) is 0.0476. The molecule has 0 amide bonds. The third-order valence-electron chi connectivity index (χ3n) is 3.10. The smallest absolute Gasteiger partial charge is 0.292 e. The SMILES string of the molecule is C=C/C=C\C(=C/COc1cccc(OC#N)c1)Oc1cccc(OC#N)c1. The minimum Gasteiger partial charge on any atom is -0.489 e. The Morgan fingerprint density at radius 2 is 1.52 bits per heavy atom. The van der Waals surface area contributed by atoms with E-state index in [0.717, 1.165) is 0 Å². The Labute approximate surface area is 157 Å². The first-order valence-corrected chi connectivity index (χ1v) is 7.87. The van der Waals surface area contributed by atoms with Gasteiger partial charge < -0.3 is 18.9 Å². The highest BCUT2D eigenvalue weighted by atomic mass is 16.5. The highest BCUT2D eigenvalue weighted by Gasteiger charge is 2.02. The summed E-state index contributed by atoms with van der Waals surface area (Å²) >= 11 is 0. The molecule has 27 heavy (non-hydrogen) atoms. The van der Waals surface area contributed by atoms with Gasteiger partial charge in [0.1, 0.15) is 35.4 Å². The van der Waals surface area contributed by atoms with E-state index in [4.69, 9.17) is 29.5 Å². The Hall–Kier alpha value is -4.16. The summed E-state index contributed by atoms with van der Waals surface area (Å²) in [6.07, 6.45) is 10.0. The standard InChI is InChI=1S/C21H16N2O4/c1-2-3-6-17(27-21-10-5-9-20(14-21)26-16-23)11-12-24-18-7-4-8-19(13-18)25-15-22/h2-11,13-14H,1,12H2/b6-3-,17-11+. The van der Waals surface area contributed by atoms with E-state index in [-0.39, 0.29) is 6.61 Å². The fourth-order valence-electron chi connectivity index (χ4n) is 2.00. The predicted octanol–water partition coefficient (Wildman–Crippen LogP) is 4.49. The lowest BCUT2D eigenvalue weighted by molar-refractivity contribution is 0.351. The molecule has 0 radical (unpaired) electrons. The second kappa shape index (κ2) is 10.7. The molecule has 0 aliphatic carbocycles. The maximum absolute atomic E-state index is 8.60. The van der Waals surface area contributed by atoms with Gasteiger partial charge in [-0.25, -0.2) is 0 Å². The maximum Gasteiger partial charge on any atom is 0.292 e. The van der Waals surface area contributed by atoms with Crippen molar-refractivity contribution in [2.75, 3.05) is 6.61 Å². The van der Waals surface area contributed by atoms with Crippen LogP contribution in [0.3, 0.4) is 0 Å². The second-order valence-electron chi connectivity index (χ2n) is 4.95. The molecule has 2 aromatic rings. The number of hydrogen-bond donors (Lipinski definition) is 0. The monoisotopic (exact) mass is 360 g/mol. The van der Waals surface area contributed by atoms with Gasteiger partial charge in [-0.1, -0.05) is 30.9 Å². The number of nitriles is 2. The number of ether oxygens (including phenoxy) is 4. The van der Waals surface area contributed by atoms with Gasteiger partial charge in [-0.3, -0.25) is 0 Å². The lowest BCUT2D eigenvalue weighted by Crippen LogP contribution is -1.99. The van der Waals surface area contributed by atoms with Gasteiger partial charge in [0, 0.05) is 12.1 Å². The molecule has 6 nitrogen and oxygen atoms in total. The van der Waals surface area contributed by atoms with E-state index in [9.17, 15) is 0 Å². The minimum atomic E-state index is 0.223. The topological polar surface area (TPSA) is 84.5 Å². The highest BCUT2D eigenvalue weighted by Crippen LogP contribution is 2.22. The summed E-state index contributed by atoms with van der Waals surface area (Å²) in [4.78, 5) is 0. The van der Waals surface area contributed by atoms with Crippen molar-refractivity contribution in [1.29, 1.82) is 10.5 Å². The molecule has 0 atom stereocenters. The summed E-state index contributed by atoms with van der Waals surface area (Å²) in [6.45, 7) is 3.86. The summed E-state index contributed by atoms with van der Waals surface area (Å²) in [5, 5.41) is 17.2. The van der Waals surface area contributed by atoms with E-state index in [1.54, 1.807) is 85.3 Å². The van der Waals surface area contributed by atoms with Crippen LogP contribution in [0, 0.1) is 23.0 Å². The van der Waals surface area contributed by atoms with Crippen LogP contribution < -0.4 is 18.9 Å². The van der Waals surface area contributed by atoms with Gasteiger partial charge in [0.15, 0.2) is 0 Å². The number of hydrogen-bond acceptors (Lipinski definition) is 6. The molecule has 0 N–H and O–H groups in total. The van der Waals surface area contributed by atoms with E-state index in [0.29, 0.717) is 28.8 Å². The van der Waals surface area contributed by atoms with Gasteiger partial charge in [-0.15, -0.1) is 10.5 Å². The average molecular weight is 360 g/mol. The van der Waals surface area contributed by atoms with Gasteiger partial charge in [-0.05, 0) is 36.4 Å². The molecule has 0 aromatic heterocycles. The fourth-order valence-corrected chi connectivity index (χ4v) is 2.00. The van der Waals surface area contributed by atoms with E-state index in [1.165, 1.54) is 0 Å². The van der Waals surface area contributed by atoms with Crippen LogP contribution in [0.5, 0.6) is 23.0 Å². The number of rotatable bonds is 9. The van der Waals surface area contributed by atoms with Crippen molar-refractivity contribution in [3.05, 3.63) is 85.2 Å². The molecule has 0 aliphatic rings. The molecule has 2 aromatic carbocycles. The lowest BCUT2D eigenvalue weighted by atomic mass is 10.3. The Morgan fingerprint density at radius 1 is 0.926 bits per heavy atom. The van der Waals surface area contributed by atoms with E-state index < -0.39 is 0 Å². The van der Waals surface area contributed by atoms with Crippen molar-refractivity contribution in [2.45, 2.75) is 0 Å². The largest absolute Gasteiger partial charge is 0.489 e. The van der Waals surface area contributed by atoms with Gasteiger partial charge in [0.25, 0.3) is 12.5 Å². The highest BCUT2D eigenvalue weighted by molar-refractivity contribution is 5.36. The molecular weight excluding hydrogens is 344 g/mol. The van der Waals surface area contributed by atoms with Crippen molar-refractivity contribution in [3.63, 3.8) is 0 Å². The molecule has 0 saturated heterocycles. The van der Waals surface area contributed by atoms with Crippen LogP contribution in [0.25, 0.3) is 0 Å². The molecule has 0 unspecified atom stereocenters. The zero-order valence-electron chi connectivity index (χ0n) is 14.4. The molecule has 0 aliphatic heterocycles. The molecule has 2 rings (SSSR count). The van der Waals surface area contributed by atoms with Crippen LogP contribution in [-0.4, -0.2) is 6.61 Å². The van der Waals surface area contributed by atoms with Crippen LogP contribution in [0.1, 0.15) is 0 Å². The van der Waals surface area contributed by atoms with Crippen molar-refractivity contribution in [2.24, 2.45) is 0 Å². The molecular formula is C21H16N2O4. The van der Waals surface area contributed by atoms with Gasteiger partial charge in [0.05, 0.1) is 0 Å². The third kappa shape index (κ3) is 6.69. The van der Waals surface area contributed by atoms with Gasteiger partial charge in [-0.2, -0.15) is 0 Å². The molecule has 0 heterocycles. The molecule has 0 spiro atoms. The molecule has 0 fully saturated rings. The first-order chi connectivity index (χ1) is 13.2. The number of benzene rings is 2. The van der Waals surface area contributed by atoms with Gasteiger partial charge >= 0.3 is 0 Å². The van der Waals surface area contributed by atoms with Crippen molar-refractivity contribution in [3.8, 4) is 35.5 Å². The maximum atomic E-state index is 8.60. The summed E-state index contributed by atoms with van der Waals surface area (Å²) in [7, 11) is 0. The second-order valence-corrected chi connectivity index (χ2v) is 4.95. The van der Waals surface area contributed by atoms with Crippen molar-refractivity contribution >= 4 is 0 Å². The first kappa shape index (κ1) is 19.2. The summed E-state index contributed by atoms with van der Waals surface area (Å²) in [6, 6.07) is 13.4. The molecule has 6 heteroatoms. The van der Waals surface area contributed by atoms with Crippen molar-refractivity contribution < 1.29 is 18.9 Å². The van der Waals surface area contributed by atoms with E-state index in [1.807, 2.05) is 0 Å². The quantitative estimate of drug-likeness (QED) is 0.372. The zero-order valence-corrected chi connectivity index (χ0v) is 14.4. The zero-order chi connectivity index (χ0) is 19.3.